The Labute approximate surface area is 98.6 Å². The van der Waals surface area contributed by atoms with Gasteiger partial charge < -0.3 is 9.47 Å². The Morgan fingerprint density at radius 3 is 1.88 bits per heavy atom. The zero-order chi connectivity index (χ0) is 12.2. The van der Waals surface area contributed by atoms with Gasteiger partial charge in [-0.1, -0.05) is 31.6 Å². The first-order chi connectivity index (χ1) is 7.48. The molecule has 0 atom stereocenters. The molecule has 0 amide bonds. The Kier molecular flexibility index (Phi) is 4.03. The van der Waals surface area contributed by atoms with E-state index in [2.05, 4.69) is 31.1 Å². The van der Waals surface area contributed by atoms with Crippen molar-refractivity contribution in [2.45, 2.75) is 19.6 Å². The number of benzene rings is 1. The Bertz CT molecular complexity index is 400. The summed E-state index contributed by atoms with van der Waals surface area (Å²) in [4.78, 5) is 0. The predicted molar refractivity (Wildman–Crippen MR) is 69.8 cm³/mol. The summed E-state index contributed by atoms with van der Waals surface area (Å²) in [5.41, 5.74) is 4.16. The van der Waals surface area contributed by atoms with Gasteiger partial charge in [-0.05, 0) is 12.1 Å². The molecule has 2 nitrogen and oxygen atoms in total. The lowest BCUT2D eigenvalue weighted by molar-refractivity contribution is 0.392. The second kappa shape index (κ2) is 5.09. The van der Waals surface area contributed by atoms with Gasteiger partial charge in [-0.15, -0.1) is 5.54 Å². The predicted octanol–water partition coefficient (Wildman–Crippen LogP) is 2.93. The summed E-state index contributed by atoms with van der Waals surface area (Å²) < 4.78 is 10.6. The zero-order valence-electron chi connectivity index (χ0n) is 10.5. The molecule has 0 aromatic heterocycles. The molecule has 0 heterocycles. The fourth-order valence-electron chi connectivity index (χ4n) is 1.22. The van der Waals surface area contributed by atoms with Gasteiger partial charge in [0, 0.05) is 0 Å². The molecule has 0 saturated carbocycles. The lowest BCUT2D eigenvalue weighted by Crippen LogP contribution is -2.16. The maximum Gasteiger partial charge on any atom is 0.138 e. The molecule has 86 valence electrons. The van der Waals surface area contributed by atoms with Crippen molar-refractivity contribution in [3.8, 4) is 23.0 Å². The summed E-state index contributed by atoms with van der Waals surface area (Å²) in [6.07, 6.45) is 0. The molecule has 0 unspecified atom stereocenters. The fourth-order valence-corrected chi connectivity index (χ4v) is 1.72. The van der Waals surface area contributed by atoms with Crippen LogP contribution >= 0.6 is 0 Å². The minimum atomic E-state index is -1.38. The molecule has 1 aromatic carbocycles. The molecule has 0 aliphatic carbocycles. The Hall–Kier alpha value is -1.40. The molecular weight excluding hydrogens is 216 g/mol. The largest absolute Gasteiger partial charge is 0.495 e. The first-order valence-corrected chi connectivity index (χ1v) is 8.72. The highest BCUT2D eigenvalue weighted by molar-refractivity contribution is 6.83. The van der Waals surface area contributed by atoms with Crippen LogP contribution in [-0.2, 0) is 0 Å². The lowest BCUT2D eigenvalue weighted by Gasteiger charge is -2.09. The Morgan fingerprint density at radius 1 is 1.00 bits per heavy atom. The maximum atomic E-state index is 5.29. The highest BCUT2D eigenvalue weighted by Gasteiger charge is 2.10. The topological polar surface area (TPSA) is 18.5 Å². The van der Waals surface area contributed by atoms with Gasteiger partial charge in [-0.25, -0.2) is 0 Å². The van der Waals surface area contributed by atoms with Gasteiger partial charge in [0.05, 0.1) is 14.2 Å². The van der Waals surface area contributed by atoms with Gasteiger partial charge in [-0.3, -0.25) is 0 Å². The molecule has 0 aliphatic heterocycles. The smallest absolute Gasteiger partial charge is 0.138 e. The van der Waals surface area contributed by atoms with Crippen molar-refractivity contribution in [3.05, 3.63) is 23.8 Å². The first kappa shape index (κ1) is 12.7. The number of methoxy groups -OCH3 is 2. The monoisotopic (exact) mass is 234 g/mol. The van der Waals surface area contributed by atoms with Crippen LogP contribution in [0.5, 0.6) is 11.5 Å². The van der Waals surface area contributed by atoms with E-state index in [9.17, 15) is 0 Å². The number of hydrogen-bond acceptors (Lipinski definition) is 2. The van der Waals surface area contributed by atoms with Crippen LogP contribution in [0.2, 0.25) is 19.6 Å². The molecule has 0 radical (unpaired) electrons. The van der Waals surface area contributed by atoms with Crippen LogP contribution in [0.3, 0.4) is 0 Å². The van der Waals surface area contributed by atoms with Crippen LogP contribution in [-0.4, -0.2) is 22.3 Å². The van der Waals surface area contributed by atoms with Crippen molar-refractivity contribution < 1.29 is 9.47 Å². The molecule has 0 spiro atoms. The quantitative estimate of drug-likeness (QED) is 0.578. The average Bonchev–Trinajstić information content (AvgIpc) is 2.24. The highest BCUT2D eigenvalue weighted by Crippen LogP contribution is 2.27. The van der Waals surface area contributed by atoms with E-state index < -0.39 is 8.07 Å². The van der Waals surface area contributed by atoms with Crippen molar-refractivity contribution in [1.29, 1.82) is 0 Å². The molecule has 1 rings (SSSR count). The Morgan fingerprint density at radius 2 is 1.50 bits per heavy atom. The zero-order valence-corrected chi connectivity index (χ0v) is 11.5. The van der Waals surface area contributed by atoms with E-state index in [1.165, 1.54) is 0 Å². The molecule has 1 aromatic rings. The molecule has 16 heavy (non-hydrogen) atoms. The van der Waals surface area contributed by atoms with Gasteiger partial charge in [-0.2, -0.15) is 0 Å². The van der Waals surface area contributed by atoms with Crippen molar-refractivity contribution >= 4 is 8.07 Å². The summed E-state index contributed by atoms with van der Waals surface area (Å²) in [6.45, 7) is 6.63. The van der Waals surface area contributed by atoms with Crippen molar-refractivity contribution in [3.63, 3.8) is 0 Å². The van der Waals surface area contributed by atoms with Gasteiger partial charge in [0.25, 0.3) is 0 Å². The van der Waals surface area contributed by atoms with Crippen LogP contribution in [0.4, 0.5) is 0 Å². The van der Waals surface area contributed by atoms with Crippen LogP contribution in [0.15, 0.2) is 18.2 Å². The first-order valence-electron chi connectivity index (χ1n) is 5.22. The van der Waals surface area contributed by atoms with E-state index in [0.29, 0.717) is 0 Å². The fraction of sp³-hybridized carbons (Fsp3) is 0.385. The molecule has 0 bridgehead atoms. The van der Waals surface area contributed by atoms with Gasteiger partial charge in [0.1, 0.15) is 25.1 Å². The van der Waals surface area contributed by atoms with Crippen LogP contribution in [0.25, 0.3) is 0 Å². The van der Waals surface area contributed by atoms with Crippen molar-refractivity contribution in [2.75, 3.05) is 14.2 Å². The van der Waals surface area contributed by atoms with E-state index in [1.54, 1.807) is 14.2 Å². The summed E-state index contributed by atoms with van der Waals surface area (Å²) in [5.74, 6) is 4.72. The molecule has 0 fully saturated rings. The minimum Gasteiger partial charge on any atom is -0.495 e. The van der Waals surface area contributed by atoms with Gasteiger partial charge in [0.2, 0.25) is 0 Å². The number of rotatable bonds is 2. The standard InChI is InChI=1S/C13H18O2Si/c1-14-12-7-6-8-13(15-2)11(12)9-10-16(3,4)5/h6-8H,1-5H3. The highest BCUT2D eigenvalue weighted by atomic mass is 28.3. The van der Waals surface area contributed by atoms with Crippen LogP contribution < -0.4 is 9.47 Å². The SMILES string of the molecule is COc1cccc(OC)c1C#C[Si](C)(C)C. The van der Waals surface area contributed by atoms with Gasteiger partial charge >= 0.3 is 0 Å². The lowest BCUT2D eigenvalue weighted by atomic mass is 10.2. The molecule has 3 heteroatoms. The van der Waals surface area contributed by atoms with Crippen LogP contribution in [0, 0.1) is 11.5 Å². The molecule has 0 saturated heterocycles. The minimum absolute atomic E-state index is 0.769. The van der Waals surface area contributed by atoms with E-state index in [-0.39, 0.29) is 0 Å². The van der Waals surface area contributed by atoms with E-state index in [0.717, 1.165) is 17.1 Å². The second-order valence-electron chi connectivity index (χ2n) is 4.54. The third kappa shape index (κ3) is 3.32. The summed E-state index contributed by atoms with van der Waals surface area (Å²) in [6, 6.07) is 5.70. The van der Waals surface area contributed by atoms with E-state index in [1.807, 2.05) is 18.2 Å². The summed E-state index contributed by atoms with van der Waals surface area (Å²) in [5, 5.41) is 0. The summed E-state index contributed by atoms with van der Waals surface area (Å²) >= 11 is 0. The van der Waals surface area contributed by atoms with Crippen LogP contribution in [0.1, 0.15) is 5.56 Å². The van der Waals surface area contributed by atoms with E-state index >= 15 is 0 Å². The molecular formula is C13H18O2Si. The number of ether oxygens (including phenoxy) is 2. The normalized spacial score (nSPS) is 10.3. The Balaban J connectivity index is 3.23. The third-order valence-corrected chi connectivity index (χ3v) is 2.87. The van der Waals surface area contributed by atoms with Gasteiger partial charge in [0.15, 0.2) is 0 Å². The number of hydrogen-bond donors (Lipinski definition) is 0. The molecule has 0 aliphatic rings. The maximum absolute atomic E-state index is 5.29. The average molecular weight is 234 g/mol. The third-order valence-electron chi connectivity index (χ3n) is 1.99. The van der Waals surface area contributed by atoms with E-state index in [4.69, 9.17) is 9.47 Å². The van der Waals surface area contributed by atoms with Crippen molar-refractivity contribution in [1.82, 2.24) is 0 Å². The van der Waals surface area contributed by atoms with Crippen molar-refractivity contribution in [2.24, 2.45) is 0 Å². The summed E-state index contributed by atoms with van der Waals surface area (Å²) in [7, 11) is 1.91. The second-order valence-corrected chi connectivity index (χ2v) is 9.29. The molecule has 0 N–H and O–H groups in total.